The second kappa shape index (κ2) is 7.27. The molecule has 1 aromatic rings. The van der Waals surface area contributed by atoms with Crippen LogP contribution >= 0.6 is 0 Å². The summed E-state index contributed by atoms with van der Waals surface area (Å²) in [6.07, 6.45) is 1.29. The Hall–Kier alpha value is -2.22. The lowest BCUT2D eigenvalue weighted by atomic mass is 10.1. The minimum atomic E-state index is 0.0110. The van der Waals surface area contributed by atoms with Crippen LogP contribution in [-0.4, -0.2) is 18.5 Å². The molecule has 0 aliphatic rings. The van der Waals surface area contributed by atoms with Crippen LogP contribution in [0.3, 0.4) is 0 Å². The molecule has 0 aromatic heterocycles. The minimum Gasteiger partial charge on any atom is -0.396 e. The number of rotatable bonds is 6. The molecule has 0 aliphatic carbocycles. The molecular weight excluding hydrogens is 240 g/mol. The van der Waals surface area contributed by atoms with E-state index in [0.717, 1.165) is 6.42 Å². The van der Waals surface area contributed by atoms with Gasteiger partial charge in [0, 0.05) is 19.0 Å². The van der Waals surface area contributed by atoms with Crippen molar-refractivity contribution < 1.29 is 4.79 Å². The van der Waals surface area contributed by atoms with E-state index >= 15 is 0 Å². The van der Waals surface area contributed by atoms with Gasteiger partial charge in [0.2, 0.25) is 5.91 Å². The molecule has 0 aliphatic heterocycles. The Balaban J connectivity index is 2.46. The average Bonchev–Trinajstić information content (AvgIpc) is 2.40. The molecular formula is C14H20N4O. The number of carbonyl (C=O) groups excluding carboxylic acids is 1. The lowest BCUT2D eigenvalue weighted by Gasteiger charge is -2.13. The van der Waals surface area contributed by atoms with Crippen LogP contribution in [0.5, 0.6) is 0 Å². The molecule has 1 amide bonds. The van der Waals surface area contributed by atoms with Gasteiger partial charge in [-0.05, 0) is 25.5 Å². The van der Waals surface area contributed by atoms with Crippen LogP contribution in [-0.2, 0) is 4.79 Å². The van der Waals surface area contributed by atoms with Gasteiger partial charge in [0.1, 0.15) is 6.07 Å². The quantitative estimate of drug-likeness (QED) is 0.681. The summed E-state index contributed by atoms with van der Waals surface area (Å²) in [5, 5.41) is 14.8. The van der Waals surface area contributed by atoms with Crippen molar-refractivity contribution in [1.29, 1.82) is 5.26 Å². The Labute approximate surface area is 113 Å². The van der Waals surface area contributed by atoms with Crippen LogP contribution in [0.15, 0.2) is 18.2 Å². The first-order chi connectivity index (χ1) is 9.08. The lowest BCUT2D eigenvalue weighted by Crippen LogP contribution is -2.33. The summed E-state index contributed by atoms with van der Waals surface area (Å²) in [4.78, 5) is 11.6. The number of nitrogens with two attached hydrogens (primary N) is 1. The van der Waals surface area contributed by atoms with Crippen LogP contribution in [0.1, 0.15) is 32.3 Å². The normalized spacial score (nSPS) is 11.4. The summed E-state index contributed by atoms with van der Waals surface area (Å²) >= 11 is 0. The number of hydrogen-bond acceptors (Lipinski definition) is 4. The summed E-state index contributed by atoms with van der Waals surface area (Å²) in [6.45, 7) is 4.48. The summed E-state index contributed by atoms with van der Waals surface area (Å²) in [5.41, 5.74) is 7.38. The van der Waals surface area contributed by atoms with Crippen LogP contribution in [0.4, 0.5) is 11.4 Å². The van der Waals surface area contributed by atoms with Gasteiger partial charge in [-0.25, -0.2) is 0 Å². The zero-order chi connectivity index (χ0) is 14.3. The highest BCUT2D eigenvalue weighted by Gasteiger charge is 2.07. The van der Waals surface area contributed by atoms with E-state index in [0.29, 0.717) is 29.9 Å². The van der Waals surface area contributed by atoms with E-state index in [4.69, 9.17) is 11.0 Å². The van der Waals surface area contributed by atoms with Gasteiger partial charge in [-0.2, -0.15) is 5.26 Å². The van der Waals surface area contributed by atoms with E-state index in [2.05, 4.69) is 10.6 Å². The number of anilines is 2. The molecule has 1 atom stereocenters. The first-order valence-electron chi connectivity index (χ1n) is 6.40. The molecule has 19 heavy (non-hydrogen) atoms. The van der Waals surface area contributed by atoms with Gasteiger partial charge < -0.3 is 16.4 Å². The molecule has 0 spiro atoms. The molecule has 0 radical (unpaired) electrons. The fraction of sp³-hybridized carbons (Fsp3) is 0.429. The van der Waals surface area contributed by atoms with Crippen molar-refractivity contribution in [2.45, 2.75) is 32.7 Å². The predicted octanol–water partition coefficient (Wildman–Crippen LogP) is 1.86. The van der Waals surface area contributed by atoms with Crippen molar-refractivity contribution in [2.75, 3.05) is 17.6 Å². The van der Waals surface area contributed by atoms with Gasteiger partial charge >= 0.3 is 0 Å². The first-order valence-corrected chi connectivity index (χ1v) is 6.40. The smallest absolute Gasteiger partial charge is 0.221 e. The van der Waals surface area contributed by atoms with Crippen LogP contribution in [0.25, 0.3) is 0 Å². The Morgan fingerprint density at radius 1 is 1.53 bits per heavy atom. The van der Waals surface area contributed by atoms with Crippen molar-refractivity contribution in [2.24, 2.45) is 0 Å². The predicted molar refractivity (Wildman–Crippen MR) is 76.6 cm³/mol. The topological polar surface area (TPSA) is 90.9 Å². The number of hydrogen-bond donors (Lipinski definition) is 3. The Morgan fingerprint density at radius 3 is 2.89 bits per heavy atom. The van der Waals surface area contributed by atoms with Gasteiger partial charge in [0.05, 0.1) is 16.9 Å². The third kappa shape index (κ3) is 4.51. The molecule has 102 valence electrons. The fourth-order valence-electron chi connectivity index (χ4n) is 1.58. The van der Waals surface area contributed by atoms with E-state index in [1.165, 1.54) is 0 Å². The molecule has 5 heteroatoms. The maximum absolute atomic E-state index is 11.6. The van der Waals surface area contributed by atoms with Crippen LogP contribution < -0.4 is 16.4 Å². The van der Waals surface area contributed by atoms with Gasteiger partial charge in [-0.3, -0.25) is 4.79 Å². The number of para-hydroxylation sites is 1. The molecule has 5 nitrogen and oxygen atoms in total. The van der Waals surface area contributed by atoms with Crippen molar-refractivity contribution in [1.82, 2.24) is 5.32 Å². The average molecular weight is 260 g/mol. The number of benzene rings is 1. The number of nitrogens with one attached hydrogen (secondary N) is 2. The number of nitrogens with zero attached hydrogens (tertiary/aromatic N) is 1. The van der Waals surface area contributed by atoms with Gasteiger partial charge in [-0.15, -0.1) is 0 Å². The largest absolute Gasteiger partial charge is 0.396 e. The molecule has 1 aromatic carbocycles. The Morgan fingerprint density at radius 2 is 2.26 bits per heavy atom. The SMILES string of the molecule is CCC(C)NC(=O)CCNc1cccc(C#N)c1N. The standard InChI is InChI=1S/C14H20N4O/c1-3-10(2)18-13(19)7-8-17-12-6-4-5-11(9-15)14(12)16/h4-6,10,17H,3,7-8,16H2,1-2H3,(H,18,19). The summed E-state index contributed by atoms with van der Waals surface area (Å²) in [5.74, 6) is 0.0110. The zero-order valence-electron chi connectivity index (χ0n) is 11.4. The molecule has 1 rings (SSSR count). The maximum atomic E-state index is 11.6. The van der Waals surface area contributed by atoms with E-state index < -0.39 is 0 Å². The monoisotopic (exact) mass is 260 g/mol. The summed E-state index contributed by atoms with van der Waals surface area (Å²) in [7, 11) is 0. The van der Waals surface area contributed by atoms with E-state index in [-0.39, 0.29) is 11.9 Å². The number of nitrogen functional groups attached to an aromatic ring is 1. The van der Waals surface area contributed by atoms with Gasteiger partial charge in [0.25, 0.3) is 0 Å². The molecule has 1 unspecified atom stereocenters. The fourth-order valence-corrected chi connectivity index (χ4v) is 1.58. The summed E-state index contributed by atoms with van der Waals surface area (Å²) in [6, 6.07) is 7.44. The highest BCUT2D eigenvalue weighted by molar-refractivity contribution is 5.77. The first kappa shape index (κ1) is 14.8. The third-order valence-electron chi connectivity index (χ3n) is 2.91. The second-order valence-electron chi connectivity index (χ2n) is 4.43. The summed E-state index contributed by atoms with van der Waals surface area (Å²) < 4.78 is 0. The third-order valence-corrected chi connectivity index (χ3v) is 2.91. The zero-order valence-corrected chi connectivity index (χ0v) is 11.4. The van der Waals surface area contributed by atoms with E-state index in [1.54, 1.807) is 18.2 Å². The number of carbonyl (C=O) groups is 1. The van der Waals surface area contributed by atoms with Crippen molar-refractivity contribution in [3.8, 4) is 6.07 Å². The minimum absolute atomic E-state index is 0.0110. The second-order valence-corrected chi connectivity index (χ2v) is 4.43. The highest BCUT2D eigenvalue weighted by atomic mass is 16.1. The molecule has 0 heterocycles. The van der Waals surface area contributed by atoms with Crippen molar-refractivity contribution in [3.05, 3.63) is 23.8 Å². The van der Waals surface area contributed by atoms with E-state index in [1.807, 2.05) is 19.9 Å². The molecule has 0 saturated carbocycles. The molecule has 0 bridgehead atoms. The molecule has 0 fully saturated rings. The van der Waals surface area contributed by atoms with Crippen molar-refractivity contribution in [3.63, 3.8) is 0 Å². The highest BCUT2D eigenvalue weighted by Crippen LogP contribution is 2.21. The van der Waals surface area contributed by atoms with Crippen LogP contribution in [0.2, 0.25) is 0 Å². The van der Waals surface area contributed by atoms with E-state index in [9.17, 15) is 4.79 Å². The number of nitriles is 1. The Kier molecular flexibility index (Phi) is 5.68. The molecule has 0 saturated heterocycles. The maximum Gasteiger partial charge on any atom is 0.221 e. The molecule has 4 N–H and O–H groups in total. The van der Waals surface area contributed by atoms with Crippen LogP contribution in [0, 0.1) is 11.3 Å². The van der Waals surface area contributed by atoms with Gasteiger partial charge in [-0.1, -0.05) is 13.0 Å². The Bertz CT molecular complexity index is 479. The van der Waals surface area contributed by atoms with Crippen molar-refractivity contribution >= 4 is 17.3 Å². The van der Waals surface area contributed by atoms with Gasteiger partial charge in [0.15, 0.2) is 0 Å². The number of amides is 1. The lowest BCUT2D eigenvalue weighted by molar-refractivity contribution is -0.121.